The van der Waals surface area contributed by atoms with Gasteiger partial charge in [0.25, 0.3) is 0 Å². The van der Waals surface area contributed by atoms with Gasteiger partial charge in [0.2, 0.25) is 0 Å². The van der Waals surface area contributed by atoms with Crippen molar-refractivity contribution in [2.24, 2.45) is 17.4 Å². The van der Waals surface area contributed by atoms with Crippen LogP contribution in [0, 0.1) is 5.92 Å². The maximum Gasteiger partial charge on any atom is 0.315 e. The summed E-state index contributed by atoms with van der Waals surface area (Å²) >= 11 is 0. The van der Waals surface area contributed by atoms with E-state index >= 15 is 0 Å². The van der Waals surface area contributed by atoms with Crippen LogP contribution in [0.2, 0.25) is 0 Å². The van der Waals surface area contributed by atoms with E-state index in [1.54, 1.807) is 85.9 Å². The Labute approximate surface area is 426 Å². The van der Waals surface area contributed by atoms with Gasteiger partial charge in [0, 0.05) is 44.6 Å². The van der Waals surface area contributed by atoms with Gasteiger partial charge >= 0.3 is 18.0 Å². The summed E-state index contributed by atoms with van der Waals surface area (Å²) in [6, 6.07) is -3.42. The van der Waals surface area contributed by atoms with Gasteiger partial charge in [0.15, 0.2) is 12.1 Å². The minimum atomic E-state index is -2.33. The maximum absolute atomic E-state index is 13.2. The van der Waals surface area contributed by atoms with Crippen molar-refractivity contribution in [3.8, 4) is 0 Å². The molecule has 15 unspecified atom stereocenters. The molecule has 22 heteroatoms. The summed E-state index contributed by atoms with van der Waals surface area (Å²) in [6.07, 6.45) is 3.88. The molecule has 2 amide bonds. The first-order valence-electron chi connectivity index (χ1n) is 24.6. The summed E-state index contributed by atoms with van der Waals surface area (Å²) in [4.78, 5) is 37.7. The van der Waals surface area contributed by atoms with Crippen molar-refractivity contribution < 1.29 is 89.1 Å². The fourth-order valence-electron chi connectivity index (χ4n) is 8.16. The molecule has 0 saturated carbocycles. The average Bonchev–Trinajstić information content (AvgIpc) is 3.31. The molecule has 73 heavy (non-hydrogen) atoms. The van der Waals surface area contributed by atoms with Crippen LogP contribution >= 0.6 is 0 Å². The number of cyclic esters (lactones) is 1. The fourth-order valence-corrected chi connectivity index (χ4v) is 8.16. The largest absolute Gasteiger partial charge is 0.462 e. The number of nitrogens with one attached hydrogen (secondary N) is 2. The second kappa shape index (κ2) is 32.8. The predicted octanol–water partition coefficient (Wildman–Crippen LogP) is -0.552. The number of ether oxygens (including phenoxy) is 5. The molecule has 3 heterocycles. The lowest BCUT2D eigenvalue weighted by Crippen LogP contribution is -2.65. The zero-order chi connectivity index (χ0) is 54.1. The first kappa shape index (κ1) is 62.8. The fraction of sp³-hybridized carbons (Fsp3) is 0.627. The Morgan fingerprint density at radius 1 is 0.753 bits per heavy atom. The molecule has 22 nitrogen and oxygen atoms in total. The minimum Gasteiger partial charge on any atom is -0.462 e. The monoisotopic (exact) mass is 1040 g/mol. The van der Waals surface area contributed by atoms with E-state index < -0.39 is 147 Å². The zero-order valence-electron chi connectivity index (χ0n) is 41.6. The van der Waals surface area contributed by atoms with Crippen molar-refractivity contribution in [1.82, 2.24) is 10.6 Å². The van der Waals surface area contributed by atoms with Crippen LogP contribution in [0.25, 0.3) is 0 Å². The lowest BCUT2D eigenvalue weighted by Gasteiger charge is -2.46. The molecule has 0 aromatic carbocycles. The number of urea groups is 1. The highest BCUT2D eigenvalue weighted by Crippen LogP contribution is 2.35. The molecule has 2 fully saturated rings. The smallest absolute Gasteiger partial charge is 0.315 e. The van der Waals surface area contributed by atoms with E-state index in [9.17, 15) is 65.4 Å². The van der Waals surface area contributed by atoms with E-state index in [-0.39, 0.29) is 57.6 Å². The molecule has 0 aliphatic carbocycles. The quantitative estimate of drug-likeness (QED) is 0.107. The van der Waals surface area contributed by atoms with Crippen molar-refractivity contribution in [2.75, 3.05) is 13.2 Å². The molecule has 18 atom stereocenters. The van der Waals surface area contributed by atoms with Crippen LogP contribution in [0.5, 0.6) is 0 Å². The number of aliphatic hydroxyl groups excluding tert-OH is 9. The molecule has 3 aliphatic heterocycles. The van der Waals surface area contributed by atoms with Crippen molar-refractivity contribution in [3.63, 3.8) is 0 Å². The topological polar surface area (TPSA) is 376 Å². The van der Waals surface area contributed by atoms with E-state index in [2.05, 4.69) is 17.2 Å². The normalized spacial score (nSPS) is 40.5. The minimum absolute atomic E-state index is 0.0295. The number of fused-ring (bicyclic) bond motifs is 2. The third-order valence-corrected chi connectivity index (χ3v) is 12.2. The van der Waals surface area contributed by atoms with Gasteiger partial charge < -0.3 is 96.9 Å². The molecule has 0 aromatic heterocycles. The molecular formula is C51H80N4O18. The Bertz CT molecular complexity index is 1900. The number of nitrogens with two attached hydrogens (primary N) is 2. The van der Waals surface area contributed by atoms with Gasteiger partial charge in [-0.25, -0.2) is 4.79 Å². The van der Waals surface area contributed by atoms with E-state index in [1.807, 2.05) is 6.92 Å². The SMILES string of the molecule is C=CCOC(=O)CCNC(=O)NC1[C@@H]2CC(OC3OC(N)C(O)C(N)C3O)\C=C/C=C\C=C/C=C\C=C/C=C\C=C/C(C)C(O)C[C@H](C)OC(=O)CC(O)CC(O)CCC(O)C(O)CC(O)CC(O)(C[C@@H]1O)O2. The van der Waals surface area contributed by atoms with Crippen LogP contribution in [0.15, 0.2) is 97.7 Å². The summed E-state index contributed by atoms with van der Waals surface area (Å²) in [7, 11) is 0. The molecule has 412 valence electrons. The Morgan fingerprint density at radius 3 is 2.00 bits per heavy atom. The van der Waals surface area contributed by atoms with Crippen LogP contribution in [0.3, 0.4) is 0 Å². The summed E-state index contributed by atoms with van der Waals surface area (Å²) in [5.74, 6) is -3.96. The van der Waals surface area contributed by atoms with E-state index in [4.69, 9.17) is 35.2 Å². The number of hydrogen-bond donors (Lipinski definition) is 14. The van der Waals surface area contributed by atoms with Gasteiger partial charge in [-0.3, -0.25) is 9.59 Å². The van der Waals surface area contributed by atoms with Crippen molar-refractivity contribution >= 4 is 18.0 Å². The molecule has 2 saturated heterocycles. The van der Waals surface area contributed by atoms with Crippen molar-refractivity contribution in [2.45, 2.75) is 182 Å². The Morgan fingerprint density at radius 2 is 1.37 bits per heavy atom. The first-order valence-corrected chi connectivity index (χ1v) is 24.6. The first-order chi connectivity index (χ1) is 34.6. The summed E-state index contributed by atoms with van der Waals surface area (Å²) in [6.45, 7) is 6.71. The van der Waals surface area contributed by atoms with Crippen molar-refractivity contribution in [1.29, 1.82) is 0 Å². The third kappa shape index (κ3) is 23.7. The van der Waals surface area contributed by atoms with Crippen LogP contribution in [-0.2, 0) is 33.3 Å². The number of carbonyl (C=O) groups is 3. The number of esters is 2. The van der Waals surface area contributed by atoms with Crippen LogP contribution < -0.4 is 22.1 Å². The van der Waals surface area contributed by atoms with Crippen LogP contribution in [0.1, 0.15) is 78.1 Å². The number of aliphatic hydroxyl groups is 10. The maximum atomic E-state index is 13.2. The Hall–Kier alpha value is -4.47. The van der Waals surface area contributed by atoms with E-state index in [1.165, 1.54) is 12.2 Å². The summed E-state index contributed by atoms with van der Waals surface area (Å²) in [5.41, 5.74) is 12.0. The molecule has 3 rings (SSSR count). The predicted molar refractivity (Wildman–Crippen MR) is 266 cm³/mol. The number of hydrogen-bond acceptors (Lipinski definition) is 20. The number of carbonyl (C=O) groups excluding carboxylic acids is 3. The second-order valence-electron chi connectivity index (χ2n) is 18.7. The number of amides is 2. The molecule has 0 aromatic rings. The van der Waals surface area contributed by atoms with Gasteiger partial charge in [0.05, 0.1) is 79.9 Å². The van der Waals surface area contributed by atoms with E-state index in [0.717, 1.165) is 0 Å². The molecule has 3 aliphatic rings. The molecule has 16 N–H and O–H groups in total. The molecule has 0 radical (unpaired) electrons. The highest BCUT2D eigenvalue weighted by molar-refractivity contribution is 5.76. The molecule has 2 bridgehead atoms. The highest BCUT2D eigenvalue weighted by Gasteiger charge is 2.49. The zero-order valence-corrected chi connectivity index (χ0v) is 41.6. The number of allylic oxidation sites excluding steroid dienone is 12. The Kier molecular flexibility index (Phi) is 28.2. The van der Waals surface area contributed by atoms with E-state index in [0.29, 0.717) is 0 Å². The van der Waals surface area contributed by atoms with Crippen molar-refractivity contribution in [3.05, 3.63) is 97.7 Å². The molecular weight excluding hydrogens is 957 g/mol. The van der Waals surface area contributed by atoms with Gasteiger partial charge in [-0.15, -0.1) is 0 Å². The molecule has 0 spiro atoms. The van der Waals surface area contributed by atoms with Crippen LogP contribution in [0.4, 0.5) is 4.79 Å². The van der Waals surface area contributed by atoms with Gasteiger partial charge in [0.1, 0.15) is 31.1 Å². The standard InChI is InChI=1S/C51H80N4O18/c1-4-23-69-42(63)21-22-54-50(67)55-45-40(62)30-51(68)29-35(58)26-39(61)37(59)20-19-33(56)25-34(57)27-43(64)70-32(3)24-38(60)31(2)17-15-13-11-9-7-5-6-8-10-12-14-16-18-36(28-41(45)73-51)71-49-47(66)44(52)46(65)48(53)72-49/h4-18,31-41,44-49,56-62,65-66,68H,1,19-30,52-53H2,2-3H3,(H2,54,55,67)/b6-5-,9-7-,10-8-,13-11-,14-12-,17-15-,18-16-/t31?,32-,33?,34?,35?,36?,37?,38?,39?,40-,41-,44?,45?,46?,47?,48?,49?,51?/m0/s1. The lowest BCUT2D eigenvalue weighted by atomic mass is 9.87. The van der Waals surface area contributed by atoms with Gasteiger partial charge in [-0.05, 0) is 26.2 Å². The Balaban J connectivity index is 1.92. The summed E-state index contributed by atoms with van der Waals surface area (Å²) in [5, 5.41) is 114. The summed E-state index contributed by atoms with van der Waals surface area (Å²) < 4.78 is 28.2. The van der Waals surface area contributed by atoms with Crippen LogP contribution in [-0.4, -0.2) is 186 Å². The highest BCUT2D eigenvalue weighted by atomic mass is 16.7. The van der Waals surface area contributed by atoms with Gasteiger partial charge in [-0.1, -0.05) is 105 Å². The van der Waals surface area contributed by atoms with Gasteiger partial charge in [-0.2, -0.15) is 0 Å². The number of rotatable bonds is 8. The third-order valence-electron chi connectivity index (χ3n) is 12.2. The second-order valence-corrected chi connectivity index (χ2v) is 18.7. The average molecular weight is 1040 g/mol. The lowest BCUT2D eigenvalue weighted by molar-refractivity contribution is -0.303.